The lowest BCUT2D eigenvalue weighted by atomic mass is 10.0. The highest BCUT2D eigenvalue weighted by atomic mass is 16.5. The van der Waals surface area contributed by atoms with Crippen LogP contribution in [0, 0.1) is 0 Å². The zero-order chi connectivity index (χ0) is 11.5. The summed E-state index contributed by atoms with van der Waals surface area (Å²) in [5.74, 6) is 0.297. The average molecular weight is 215 g/mol. The maximum Gasteiger partial charge on any atom is 0.346 e. The van der Waals surface area contributed by atoms with Crippen molar-refractivity contribution >= 4 is 11.9 Å². The number of nitrogens with zero attached hydrogens (tertiary/aromatic N) is 2. The summed E-state index contributed by atoms with van der Waals surface area (Å²) in [7, 11) is 3.15. The molecule has 2 amide bonds. The largest absolute Gasteiger partial charge is 0.385 e. The van der Waals surface area contributed by atoms with Crippen LogP contribution in [-0.2, 0) is 9.47 Å². The zero-order valence-corrected chi connectivity index (χ0v) is 9.32. The van der Waals surface area contributed by atoms with Gasteiger partial charge in [-0.25, -0.2) is 4.79 Å². The molecule has 86 valence electrons. The molecular weight excluding hydrogens is 198 g/mol. The van der Waals surface area contributed by atoms with Crippen molar-refractivity contribution in [3.63, 3.8) is 0 Å². The minimum absolute atomic E-state index is 0.297. The van der Waals surface area contributed by atoms with Crippen LogP contribution < -0.4 is 5.73 Å². The first-order valence-corrected chi connectivity index (χ1v) is 4.70. The summed E-state index contributed by atoms with van der Waals surface area (Å²) in [4.78, 5) is 16.8. The number of carbonyl (C=O) groups excluding carboxylic acids is 1. The Morgan fingerprint density at radius 2 is 2.13 bits per heavy atom. The van der Waals surface area contributed by atoms with E-state index < -0.39 is 5.54 Å². The van der Waals surface area contributed by atoms with Gasteiger partial charge in [0.1, 0.15) is 11.4 Å². The lowest BCUT2D eigenvalue weighted by Crippen LogP contribution is -2.55. The van der Waals surface area contributed by atoms with Gasteiger partial charge in [0.05, 0.1) is 13.2 Å². The van der Waals surface area contributed by atoms with Gasteiger partial charge >= 0.3 is 6.03 Å². The van der Waals surface area contributed by atoms with Crippen LogP contribution in [0.3, 0.4) is 0 Å². The number of hydrogen-bond acceptors (Lipinski definition) is 4. The van der Waals surface area contributed by atoms with E-state index in [1.807, 2.05) is 6.92 Å². The molecule has 0 spiro atoms. The van der Waals surface area contributed by atoms with Crippen LogP contribution in [0.25, 0.3) is 0 Å². The number of carbonyl (C=O) groups is 1. The highest BCUT2D eigenvalue weighted by Gasteiger charge is 2.44. The molecule has 0 aromatic carbocycles. The lowest BCUT2D eigenvalue weighted by Gasteiger charge is -2.33. The topological polar surface area (TPSA) is 77.2 Å². The lowest BCUT2D eigenvalue weighted by molar-refractivity contribution is 0.0748. The van der Waals surface area contributed by atoms with Gasteiger partial charge in [-0.3, -0.25) is 0 Å². The first-order chi connectivity index (χ1) is 7.06. The third kappa shape index (κ3) is 2.10. The Hall–Kier alpha value is -1.14. The van der Waals surface area contributed by atoms with Crippen LogP contribution in [0.2, 0.25) is 0 Å². The summed E-state index contributed by atoms with van der Waals surface area (Å²) in [6, 6.07) is -0.330. The van der Waals surface area contributed by atoms with E-state index >= 15 is 0 Å². The zero-order valence-electron chi connectivity index (χ0n) is 9.32. The minimum atomic E-state index is -0.648. The number of aliphatic imine (C=N–C) groups is 1. The fraction of sp³-hybridized carbons (Fsp3) is 0.778. The third-order valence-electron chi connectivity index (χ3n) is 2.54. The summed E-state index contributed by atoms with van der Waals surface area (Å²) in [5, 5.41) is 0. The molecule has 0 aliphatic carbocycles. The molecule has 1 heterocycles. The Kier molecular flexibility index (Phi) is 3.65. The molecule has 0 aromatic heterocycles. The summed E-state index contributed by atoms with van der Waals surface area (Å²) in [5.41, 5.74) is 5.07. The van der Waals surface area contributed by atoms with Gasteiger partial charge in [0.15, 0.2) is 0 Å². The van der Waals surface area contributed by atoms with Crippen LogP contribution in [0.15, 0.2) is 4.99 Å². The molecule has 1 atom stereocenters. The van der Waals surface area contributed by atoms with E-state index in [0.717, 1.165) is 0 Å². The maximum atomic E-state index is 11.5. The minimum Gasteiger partial charge on any atom is -0.385 e. The second kappa shape index (κ2) is 4.59. The number of nitrogens with two attached hydrogens (primary N) is 1. The van der Waals surface area contributed by atoms with Crippen LogP contribution in [0.4, 0.5) is 4.79 Å². The highest BCUT2D eigenvalue weighted by molar-refractivity contribution is 6.05. The second-order valence-electron chi connectivity index (χ2n) is 3.63. The Labute approximate surface area is 89.0 Å². The van der Waals surface area contributed by atoms with Gasteiger partial charge in [-0.15, -0.1) is 0 Å². The van der Waals surface area contributed by atoms with Crippen molar-refractivity contribution in [3.8, 4) is 0 Å². The molecule has 1 aliphatic rings. The third-order valence-corrected chi connectivity index (χ3v) is 2.54. The van der Waals surface area contributed by atoms with Gasteiger partial charge in [-0.05, 0) is 6.92 Å². The number of ether oxygens (including phenoxy) is 2. The van der Waals surface area contributed by atoms with Crippen LogP contribution in [0.5, 0.6) is 0 Å². The average Bonchev–Trinajstić information content (AvgIpc) is 2.37. The van der Waals surface area contributed by atoms with E-state index in [-0.39, 0.29) is 6.03 Å². The molecule has 0 aromatic rings. The molecule has 2 N–H and O–H groups in total. The molecule has 15 heavy (non-hydrogen) atoms. The van der Waals surface area contributed by atoms with Crippen LogP contribution in [-0.4, -0.2) is 56.3 Å². The fourth-order valence-corrected chi connectivity index (χ4v) is 1.59. The predicted molar refractivity (Wildman–Crippen MR) is 55.9 cm³/mol. The van der Waals surface area contributed by atoms with Gasteiger partial charge in [0.25, 0.3) is 0 Å². The maximum absolute atomic E-state index is 11.5. The Balaban J connectivity index is 2.79. The van der Waals surface area contributed by atoms with Gasteiger partial charge < -0.3 is 20.1 Å². The fourth-order valence-electron chi connectivity index (χ4n) is 1.59. The molecule has 1 rings (SSSR count). The molecule has 0 radical (unpaired) electrons. The summed E-state index contributed by atoms with van der Waals surface area (Å²) in [6.45, 7) is 3.07. The van der Waals surface area contributed by atoms with E-state index in [4.69, 9.17) is 15.2 Å². The van der Waals surface area contributed by atoms with Crippen molar-refractivity contribution in [2.75, 3.05) is 34.0 Å². The van der Waals surface area contributed by atoms with Crippen LogP contribution in [0.1, 0.15) is 6.92 Å². The number of amidine groups is 1. The summed E-state index contributed by atoms with van der Waals surface area (Å²) in [6.07, 6.45) is 0. The van der Waals surface area contributed by atoms with E-state index in [1.165, 1.54) is 0 Å². The number of amides is 2. The SMILES string of the molecule is COCCN1C(=O)N=C(N)C1(C)COC. The van der Waals surface area contributed by atoms with Gasteiger partial charge in [0, 0.05) is 20.8 Å². The Bertz CT molecular complexity index is 280. The quantitative estimate of drug-likeness (QED) is 0.690. The molecule has 6 heteroatoms. The number of rotatable bonds is 5. The van der Waals surface area contributed by atoms with E-state index in [0.29, 0.717) is 25.6 Å². The second-order valence-corrected chi connectivity index (χ2v) is 3.63. The molecule has 6 nitrogen and oxygen atoms in total. The molecule has 0 saturated heterocycles. The summed E-state index contributed by atoms with van der Waals surface area (Å²) >= 11 is 0. The monoisotopic (exact) mass is 215 g/mol. The first kappa shape index (κ1) is 11.9. The molecule has 1 aliphatic heterocycles. The van der Waals surface area contributed by atoms with Gasteiger partial charge in [-0.1, -0.05) is 0 Å². The molecule has 0 bridgehead atoms. The van der Waals surface area contributed by atoms with Crippen molar-refractivity contribution in [2.45, 2.75) is 12.5 Å². The standard InChI is InChI=1S/C9H17N3O3/c1-9(6-15-3)7(10)11-8(13)12(9)4-5-14-2/h4-6H2,1-3H3,(H2,10,11,13). The summed E-state index contributed by atoms with van der Waals surface area (Å²) < 4.78 is 9.99. The number of methoxy groups -OCH3 is 2. The van der Waals surface area contributed by atoms with E-state index in [9.17, 15) is 4.79 Å². The predicted octanol–water partition coefficient (Wildman–Crippen LogP) is -0.169. The van der Waals surface area contributed by atoms with Crippen molar-refractivity contribution < 1.29 is 14.3 Å². The number of hydrogen-bond donors (Lipinski definition) is 1. The smallest absolute Gasteiger partial charge is 0.346 e. The van der Waals surface area contributed by atoms with Crippen molar-refractivity contribution in [3.05, 3.63) is 0 Å². The van der Waals surface area contributed by atoms with Crippen molar-refractivity contribution in [1.82, 2.24) is 4.90 Å². The Morgan fingerprint density at radius 3 is 2.67 bits per heavy atom. The van der Waals surface area contributed by atoms with Gasteiger partial charge in [0.2, 0.25) is 0 Å². The molecule has 0 fully saturated rings. The normalized spacial score (nSPS) is 25.9. The molecule has 1 unspecified atom stereocenters. The van der Waals surface area contributed by atoms with Gasteiger partial charge in [-0.2, -0.15) is 4.99 Å². The molecular formula is C9H17N3O3. The molecule has 0 saturated carbocycles. The van der Waals surface area contributed by atoms with E-state index in [1.54, 1.807) is 19.1 Å². The highest BCUT2D eigenvalue weighted by Crippen LogP contribution is 2.22. The van der Waals surface area contributed by atoms with Crippen molar-refractivity contribution in [1.29, 1.82) is 0 Å². The van der Waals surface area contributed by atoms with E-state index in [2.05, 4.69) is 4.99 Å². The first-order valence-electron chi connectivity index (χ1n) is 4.70. The van der Waals surface area contributed by atoms with Crippen LogP contribution >= 0.6 is 0 Å². The Morgan fingerprint density at radius 1 is 1.47 bits per heavy atom. The van der Waals surface area contributed by atoms with Crippen molar-refractivity contribution in [2.24, 2.45) is 10.7 Å². The number of urea groups is 1.